The molecule has 1 unspecified atom stereocenters. The summed E-state index contributed by atoms with van der Waals surface area (Å²) in [6.07, 6.45) is 15.3. The summed E-state index contributed by atoms with van der Waals surface area (Å²) in [5.74, 6) is 3.57. The maximum atomic E-state index is 5.85. The Kier molecular flexibility index (Phi) is 9.34. The first-order valence-electron chi connectivity index (χ1n) is 8.38. The molecule has 0 bridgehead atoms. The van der Waals surface area contributed by atoms with Gasteiger partial charge < -0.3 is 4.74 Å². The van der Waals surface area contributed by atoms with Gasteiger partial charge in [-0.25, -0.2) is 0 Å². The highest BCUT2D eigenvalue weighted by atomic mass is 16.5. The van der Waals surface area contributed by atoms with Crippen LogP contribution in [0.25, 0.3) is 0 Å². The molecule has 128 valence electrons. The van der Waals surface area contributed by atoms with Crippen molar-refractivity contribution in [3.05, 3.63) is 66.3 Å². The SMILES string of the molecule is C#CCN(C)C(C)Cc1ccc(OCC(C=CCC=C)=CC)cc1. The summed E-state index contributed by atoms with van der Waals surface area (Å²) in [4.78, 5) is 2.18. The molecule has 0 fully saturated rings. The van der Waals surface area contributed by atoms with Gasteiger partial charge in [-0.2, -0.15) is 0 Å². The van der Waals surface area contributed by atoms with Gasteiger partial charge in [0.25, 0.3) is 0 Å². The lowest BCUT2D eigenvalue weighted by atomic mass is 10.1. The minimum Gasteiger partial charge on any atom is -0.489 e. The minimum absolute atomic E-state index is 0.414. The second-order valence-electron chi connectivity index (χ2n) is 5.90. The first-order valence-corrected chi connectivity index (χ1v) is 8.38. The molecule has 1 rings (SSSR count). The van der Waals surface area contributed by atoms with Gasteiger partial charge in [-0.1, -0.05) is 42.4 Å². The summed E-state index contributed by atoms with van der Waals surface area (Å²) in [5, 5.41) is 0. The molecule has 0 radical (unpaired) electrons. The Hall–Kier alpha value is -2.24. The van der Waals surface area contributed by atoms with Gasteiger partial charge in [0.15, 0.2) is 0 Å². The molecule has 0 saturated heterocycles. The zero-order valence-corrected chi connectivity index (χ0v) is 15.2. The highest BCUT2D eigenvalue weighted by Crippen LogP contribution is 2.15. The first kappa shape index (κ1) is 19.8. The minimum atomic E-state index is 0.414. The number of terminal acetylenes is 1. The van der Waals surface area contributed by atoms with Crippen molar-refractivity contribution in [1.29, 1.82) is 0 Å². The smallest absolute Gasteiger partial charge is 0.119 e. The van der Waals surface area contributed by atoms with E-state index in [1.807, 2.05) is 25.1 Å². The van der Waals surface area contributed by atoms with Crippen LogP contribution in [0.1, 0.15) is 25.8 Å². The van der Waals surface area contributed by atoms with Crippen molar-refractivity contribution in [2.75, 3.05) is 20.2 Å². The molecule has 0 saturated carbocycles. The summed E-state index contributed by atoms with van der Waals surface area (Å²) < 4.78 is 5.85. The van der Waals surface area contributed by atoms with Crippen LogP contribution in [0.2, 0.25) is 0 Å². The summed E-state index contributed by atoms with van der Waals surface area (Å²) in [5.41, 5.74) is 2.45. The van der Waals surface area contributed by atoms with Crippen LogP contribution < -0.4 is 4.74 Å². The van der Waals surface area contributed by atoms with Crippen LogP contribution in [-0.2, 0) is 6.42 Å². The lowest BCUT2D eigenvalue weighted by molar-refractivity contribution is 0.287. The molecule has 24 heavy (non-hydrogen) atoms. The monoisotopic (exact) mass is 323 g/mol. The summed E-state index contributed by atoms with van der Waals surface area (Å²) in [7, 11) is 2.06. The second kappa shape index (κ2) is 11.3. The third kappa shape index (κ3) is 7.35. The van der Waals surface area contributed by atoms with Crippen molar-refractivity contribution in [2.45, 2.75) is 32.7 Å². The average Bonchev–Trinajstić information content (AvgIpc) is 2.59. The highest BCUT2D eigenvalue weighted by Gasteiger charge is 2.08. The lowest BCUT2D eigenvalue weighted by Crippen LogP contribution is -2.31. The van der Waals surface area contributed by atoms with Gasteiger partial charge in [-0.05, 0) is 57.0 Å². The molecule has 0 aliphatic rings. The van der Waals surface area contributed by atoms with Gasteiger partial charge in [0.2, 0.25) is 0 Å². The zero-order valence-electron chi connectivity index (χ0n) is 15.2. The molecule has 1 aromatic carbocycles. The molecule has 0 spiro atoms. The summed E-state index contributed by atoms with van der Waals surface area (Å²) >= 11 is 0. The highest BCUT2D eigenvalue weighted by molar-refractivity contribution is 5.29. The van der Waals surface area contributed by atoms with Crippen LogP contribution in [-0.4, -0.2) is 31.1 Å². The van der Waals surface area contributed by atoms with E-state index in [0.717, 1.165) is 24.2 Å². The number of hydrogen-bond donors (Lipinski definition) is 0. The molecule has 0 heterocycles. The van der Waals surface area contributed by atoms with Crippen molar-refractivity contribution >= 4 is 0 Å². The number of benzene rings is 1. The van der Waals surface area contributed by atoms with Crippen molar-refractivity contribution in [3.63, 3.8) is 0 Å². The molecule has 0 N–H and O–H groups in total. The van der Waals surface area contributed by atoms with E-state index in [4.69, 9.17) is 11.2 Å². The van der Waals surface area contributed by atoms with Crippen LogP contribution in [0.15, 0.2) is 60.7 Å². The normalized spacial score (nSPS) is 13.0. The van der Waals surface area contributed by atoms with Gasteiger partial charge in [-0.3, -0.25) is 4.90 Å². The van der Waals surface area contributed by atoms with E-state index in [1.54, 1.807) is 0 Å². The van der Waals surface area contributed by atoms with Crippen LogP contribution in [0.4, 0.5) is 0 Å². The topological polar surface area (TPSA) is 12.5 Å². The Morgan fingerprint density at radius 3 is 2.67 bits per heavy atom. The van der Waals surface area contributed by atoms with Crippen molar-refractivity contribution in [1.82, 2.24) is 4.90 Å². The molecular weight excluding hydrogens is 294 g/mol. The third-order valence-corrected chi connectivity index (χ3v) is 3.96. The van der Waals surface area contributed by atoms with Crippen LogP contribution in [0, 0.1) is 12.3 Å². The molecule has 2 heteroatoms. The maximum absolute atomic E-state index is 5.85. The number of allylic oxidation sites excluding steroid dienone is 3. The largest absolute Gasteiger partial charge is 0.489 e. The quantitative estimate of drug-likeness (QED) is 0.353. The number of rotatable bonds is 10. The molecule has 0 aliphatic heterocycles. The molecular formula is C22H29NO. The summed E-state index contributed by atoms with van der Waals surface area (Å²) in [6, 6.07) is 8.72. The molecule has 2 nitrogen and oxygen atoms in total. The van der Waals surface area contributed by atoms with E-state index in [1.165, 1.54) is 5.56 Å². The van der Waals surface area contributed by atoms with Crippen molar-refractivity contribution in [2.24, 2.45) is 0 Å². The fourth-order valence-corrected chi connectivity index (χ4v) is 2.23. The van der Waals surface area contributed by atoms with Gasteiger partial charge in [-0.15, -0.1) is 13.0 Å². The van der Waals surface area contributed by atoms with E-state index in [-0.39, 0.29) is 0 Å². The lowest BCUT2D eigenvalue weighted by Gasteiger charge is -2.22. The fourth-order valence-electron chi connectivity index (χ4n) is 2.23. The predicted molar refractivity (Wildman–Crippen MR) is 104 cm³/mol. The van der Waals surface area contributed by atoms with Crippen LogP contribution in [0.5, 0.6) is 5.75 Å². The van der Waals surface area contributed by atoms with E-state index >= 15 is 0 Å². The Bertz CT molecular complexity index is 589. The fraction of sp³-hybridized carbons (Fsp3) is 0.364. The molecule has 1 atom stereocenters. The average molecular weight is 323 g/mol. The Labute approximate surface area is 147 Å². The van der Waals surface area contributed by atoms with Gasteiger partial charge in [0, 0.05) is 6.04 Å². The third-order valence-electron chi connectivity index (χ3n) is 3.96. The number of hydrogen-bond acceptors (Lipinski definition) is 2. The Morgan fingerprint density at radius 2 is 2.08 bits per heavy atom. The zero-order chi connectivity index (χ0) is 17.8. The maximum Gasteiger partial charge on any atom is 0.119 e. The second-order valence-corrected chi connectivity index (χ2v) is 5.90. The van der Waals surface area contributed by atoms with Crippen LogP contribution >= 0.6 is 0 Å². The molecule has 0 aromatic heterocycles. The van der Waals surface area contributed by atoms with E-state index in [0.29, 0.717) is 19.2 Å². The van der Waals surface area contributed by atoms with Gasteiger partial charge in [0.1, 0.15) is 12.4 Å². The van der Waals surface area contributed by atoms with Crippen molar-refractivity contribution < 1.29 is 4.74 Å². The summed E-state index contributed by atoms with van der Waals surface area (Å²) in [6.45, 7) is 9.17. The molecule has 1 aromatic rings. The number of ether oxygens (including phenoxy) is 1. The van der Waals surface area contributed by atoms with Crippen LogP contribution in [0.3, 0.4) is 0 Å². The molecule has 0 amide bonds. The van der Waals surface area contributed by atoms with E-state index < -0.39 is 0 Å². The van der Waals surface area contributed by atoms with E-state index in [9.17, 15) is 0 Å². The van der Waals surface area contributed by atoms with E-state index in [2.05, 4.69) is 61.7 Å². The Morgan fingerprint density at radius 1 is 1.38 bits per heavy atom. The number of likely N-dealkylation sites (N-methyl/N-ethyl adjacent to an activating group) is 1. The van der Waals surface area contributed by atoms with Crippen molar-refractivity contribution in [3.8, 4) is 18.1 Å². The first-order chi connectivity index (χ1) is 11.6. The van der Waals surface area contributed by atoms with Gasteiger partial charge in [0.05, 0.1) is 6.54 Å². The Balaban J connectivity index is 2.52. The standard InChI is InChI=1S/C22H29NO/c1-6-9-10-11-20(8-3)18-24-22-14-12-21(13-15-22)17-19(4)23(5)16-7-2/h2,6,8,10-15,19H,1,9,16-18H2,3-5H3. The predicted octanol–water partition coefficient (Wildman–Crippen LogP) is 4.64. The molecule has 0 aliphatic carbocycles. The number of nitrogens with zero attached hydrogens (tertiary/aromatic N) is 1. The van der Waals surface area contributed by atoms with Gasteiger partial charge >= 0.3 is 0 Å².